The van der Waals surface area contributed by atoms with Crippen LogP contribution in [0.3, 0.4) is 0 Å². The first-order chi connectivity index (χ1) is 16.7. The first kappa shape index (κ1) is 31.6. The number of aliphatic hydroxyl groups excluding tert-OH is 1. The zero-order valence-corrected chi connectivity index (χ0v) is 26.4. The molecule has 0 unspecified atom stereocenters. The number of nitrogens with zero attached hydrogens (tertiary/aromatic N) is 2. The molecule has 2 heterocycles. The Bertz CT molecular complexity index is 1030. The lowest BCUT2D eigenvalue weighted by Crippen LogP contribution is -2.55. The lowest BCUT2D eigenvalue weighted by atomic mass is 10.0. The van der Waals surface area contributed by atoms with Gasteiger partial charge in [0.15, 0.2) is 22.9 Å². The van der Waals surface area contributed by atoms with E-state index in [0.29, 0.717) is 6.42 Å². The zero-order chi connectivity index (χ0) is 28.6. The topological polar surface area (TPSA) is 112 Å². The van der Waals surface area contributed by atoms with Crippen LogP contribution < -0.4 is 11.0 Å². The number of hydrogen-bond acceptors (Lipinski definition) is 7. The molecule has 1 aliphatic heterocycles. The third kappa shape index (κ3) is 7.27. The molecule has 1 aromatic heterocycles. The largest absolute Gasteiger partial charge is 0.408 e. The highest BCUT2D eigenvalue weighted by Gasteiger charge is 2.55. The molecule has 0 bridgehead atoms. The van der Waals surface area contributed by atoms with E-state index < -0.39 is 53.0 Å². The van der Waals surface area contributed by atoms with Crippen LogP contribution in [0.2, 0.25) is 36.3 Å². The van der Waals surface area contributed by atoms with Crippen molar-refractivity contribution in [1.29, 1.82) is 0 Å². The van der Waals surface area contributed by atoms with Crippen LogP contribution in [0.4, 0.5) is 5.82 Å². The van der Waals surface area contributed by atoms with Crippen LogP contribution in [0.25, 0.3) is 0 Å². The van der Waals surface area contributed by atoms with Crippen molar-refractivity contribution in [2.75, 3.05) is 5.32 Å². The summed E-state index contributed by atoms with van der Waals surface area (Å²) >= 11 is 0. The summed E-state index contributed by atoms with van der Waals surface area (Å²) in [4.78, 5) is 28.6. The average Bonchev–Trinajstić information content (AvgIpc) is 3.03. The smallest absolute Gasteiger partial charge is 0.351 e. The number of nitrogens with one attached hydrogen (secondary N) is 1. The van der Waals surface area contributed by atoms with Gasteiger partial charge in [-0.25, -0.2) is 4.79 Å². The van der Waals surface area contributed by atoms with E-state index in [9.17, 15) is 14.7 Å². The molecule has 11 heteroatoms. The third-order valence-electron chi connectivity index (χ3n) is 7.89. The predicted octanol–water partition coefficient (Wildman–Crippen LogP) is 4.82. The third-order valence-corrected chi connectivity index (χ3v) is 16.8. The number of amides is 1. The summed E-state index contributed by atoms with van der Waals surface area (Å²) in [5.74, 6) is -0.165. The first-order valence-corrected chi connectivity index (χ1v) is 18.7. The van der Waals surface area contributed by atoms with E-state index in [0.717, 1.165) is 0 Å². The van der Waals surface area contributed by atoms with Gasteiger partial charge in [-0.3, -0.25) is 9.36 Å². The lowest BCUT2D eigenvalue weighted by molar-refractivity contribution is -0.114. The highest BCUT2D eigenvalue weighted by molar-refractivity contribution is 6.74. The van der Waals surface area contributed by atoms with Crippen molar-refractivity contribution in [3.8, 4) is 0 Å². The summed E-state index contributed by atoms with van der Waals surface area (Å²) in [5, 5.41) is 13.4. The number of carbonyl (C=O) groups excluding carboxylic acids is 1. The van der Waals surface area contributed by atoms with Crippen molar-refractivity contribution in [3.63, 3.8) is 0 Å². The number of hydrogen-bond donors (Lipinski definition) is 2. The molecule has 1 aliphatic rings. The Morgan fingerprint density at radius 1 is 1.16 bits per heavy atom. The van der Waals surface area contributed by atoms with Crippen LogP contribution in [0, 0.1) is 0 Å². The van der Waals surface area contributed by atoms with Gasteiger partial charge in [0, 0.05) is 13.1 Å². The molecule has 0 spiro atoms. The monoisotopic (exact) mass is 553 g/mol. The maximum Gasteiger partial charge on any atom is 0.351 e. The normalized spacial score (nSPS) is 24.1. The molecule has 0 aliphatic carbocycles. The van der Waals surface area contributed by atoms with Crippen molar-refractivity contribution < 1.29 is 23.5 Å². The Labute approximate surface area is 223 Å². The zero-order valence-electron chi connectivity index (χ0n) is 24.4. The standard InChI is InChI=1S/C26H47N3O6Si2/c1-13-14-18(31)20-21(34-36(9,10)25(3,4)5)22(35-37(11,12)26(6,7)8)23(33-20)29-16-15-19(27-17(2)30)28-24(29)32/h13,15-16,18,20-23,31H,1,14H2,2-12H3,(H,27,28,30,32)/t18-,20+,21+,22+,23+/m0/s1. The molecular weight excluding hydrogens is 506 g/mol. The van der Waals surface area contributed by atoms with Crippen molar-refractivity contribution >= 4 is 28.4 Å². The van der Waals surface area contributed by atoms with E-state index in [-0.39, 0.29) is 21.8 Å². The van der Waals surface area contributed by atoms with Crippen molar-refractivity contribution in [2.45, 2.75) is 122 Å². The molecule has 1 aromatic rings. The van der Waals surface area contributed by atoms with Crippen LogP contribution in [-0.2, 0) is 18.4 Å². The van der Waals surface area contributed by atoms with Gasteiger partial charge in [0.1, 0.15) is 24.1 Å². The van der Waals surface area contributed by atoms with Gasteiger partial charge in [-0.05, 0) is 48.8 Å². The molecule has 37 heavy (non-hydrogen) atoms. The minimum atomic E-state index is -2.38. The van der Waals surface area contributed by atoms with E-state index in [1.807, 2.05) is 0 Å². The molecule has 5 atom stereocenters. The minimum Gasteiger partial charge on any atom is -0.408 e. The predicted molar refractivity (Wildman–Crippen MR) is 152 cm³/mol. The summed E-state index contributed by atoms with van der Waals surface area (Å²) in [6, 6.07) is 1.55. The summed E-state index contributed by atoms with van der Waals surface area (Å²) < 4.78 is 21.6. The van der Waals surface area contributed by atoms with Crippen molar-refractivity contribution in [2.24, 2.45) is 0 Å². The van der Waals surface area contributed by atoms with Gasteiger partial charge in [0.2, 0.25) is 5.91 Å². The number of carbonyl (C=O) groups is 1. The SMILES string of the molecule is C=CC[C@H](O)[C@H]1O[C@@H](n2ccc(NC(C)=O)nc2=O)[C@H](O[Si](C)(C)C(C)(C)C)[C@@H]1O[Si](C)(C)C(C)(C)C. The highest BCUT2D eigenvalue weighted by atomic mass is 28.4. The van der Waals surface area contributed by atoms with E-state index in [2.05, 4.69) is 84.6 Å². The van der Waals surface area contributed by atoms with Crippen LogP contribution in [0.15, 0.2) is 29.7 Å². The van der Waals surface area contributed by atoms with Gasteiger partial charge in [-0.2, -0.15) is 4.98 Å². The van der Waals surface area contributed by atoms with Crippen molar-refractivity contribution in [1.82, 2.24) is 9.55 Å². The molecule has 0 radical (unpaired) electrons. The average molecular weight is 554 g/mol. The van der Waals surface area contributed by atoms with Gasteiger partial charge in [0.25, 0.3) is 0 Å². The number of ether oxygens (including phenoxy) is 1. The second kappa shape index (κ2) is 11.2. The summed E-state index contributed by atoms with van der Waals surface area (Å²) in [7, 11) is -4.73. The molecule has 210 valence electrons. The van der Waals surface area contributed by atoms with Gasteiger partial charge in [-0.1, -0.05) is 47.6 Å². The summed E-state index contributed by atoms with van der Waals surface area (Å²) in [5.41, 5.74) is -0.593. The minimum absolute atomic E-state index is 0.0983. The Morgan fingerprint density at radius 2 is 1.68 bits per heavy atom. The van der Waals surface area contributed by atoms with Crippen LogP contribution >= 0.6 is 0 Å². The molecule has 0 saturated carbocycles. The number of aliphatic hydroxyl groups is 1. The number of aromatic nitrogens is 2. The van der Waals surface area contributed by atoms with E-state index >= 15 is 0 Å². The summed E-state index contributed by atoms with van der Waals surface area (Å²) in [6.07, 6.45) is -0.305. The second-order valence-electron chi connectivity index (χ2n) is 13.0. The maximum absolute atomic E-state index is 13.1. The second-order valence-corrected chi connectivity index (χ2v) is 22.5. The van der Waals surface area contributed by atoms with E-state index in [4.69, 9.17) is 13.6 Å². The summed E-state index contributed by atoms with van der Waals surface area (Å²) in [6.45, 7) is 26.6. The lowest BCUT2D eigenvalue weighted by Gasteiger charge is -2.44. The van der Waals surface area contributed by atoms with Crippen LogP contribution in [-0.4, -0.2) is 61.6 Å². The van der Waals surface area contributed by atoms with Gasteiger partial charge in [-0.15, -0.1) is 6.58 Å². The van der Waals surface area contributed by atoms with E-state index in [1.54, 1.807) is 18.3 Å². The number of rotatable bonds is 9. The van der Waals surface area contributed by atoms with Gasteiger partial charge < -0.3 is 24.0 Å². The molecule has 1 saturated heterocycles. The molecular formula is C26H47N3O6Si2. The van der Waals surface area contributed by atoms with Crippen LogP contribution in [0.5, 0.6) is 0 Å². The highest BCUT2D eigenvalue weighted by Crippen LogP contribution is 2.46. The fraction of sp³-hybridized carbons (Fsp3) is 0.731. The molecule has 1 fully saturated rings. The van der Waals surface area contributed by atoms with Crippen LogP contribution in [0.1, 0.15) is 61.1 Å². The van der Waals surface area contributed by atoms with E-state index in [1.165, 1.54) is 11.5 Å². The molecule has 0 aromatic carbocycles. The van der Waals surface area contributed by atoms with Gasteiger partial charge >= 0.3 is 5.69 Å². The quantitative estimate of drug-likeness (QED) is 0.333. The first-order valence-electron chi connectivity index (χ1n) is 12.9. The molecule has 1 amide bonds. The van der Waals surface area contributed by atoms with Gasteiger partial charge in [0.05, 0.1) is 6.10 Å². The van der Waals surface area contributed by atoms with Crippen molar-refractivity contribution in [3.05, 3.63) is 35.4 Å². The Balaban J connectivity index is 2.67. The molecule has 9 nitrogen and oxygen atoms in total. The molecule has 2 N–H and O–H groups in total. The fourth-order valence-corrected chi connectivity index (χ4v) is 6.24. The Hall–Kier alpha value is -1.64. The Kier molecular flexibility index (Phi) is 9.58. The maximum atomic E-state index is 13.1. The number of anilines is 1. The fourth-order valence-electron chi connectivity index (χ4n) is 3.65. The molecule has 2 rings (SSSR count). The Morgan fingerprint density at radius 3 is 2.11 bits per heavy atom.